The molecule has 1 heterocycles. The summed E-state index contributed by atoms with van der Waals surface area (Å²) in [6.07, 6.45) is 2.44. The lowest BCUT2D eigenvalue weighted by Crippen LogP contribution is -2.23. The van der Waals surface area contributed by atoms with Gasteiger partial charge in [0.1, 0.15) is 0 Å². The van der Waals surface area contributed by atoms with E-state index in [0.29, 0.717) is 6.04 Å². The van der Waals surface area contributed by atoms with Gasteiger partial charge >= 0.3 is 0 Å². The molecule has 1 fully saturated rings. The molecule has 1 aromatic carbocycles. The van der Waals surface area contributed by atoms with Crippen molar-refractivity contribution in [3.8, 4) is 0 Å². The number of aryl methyl sites for hydroxylation is 2. The van der Waals surface area contributed by atoms with Gasteiger partial charge in [0, 0.05) is 24.8 Å². The van der Waals surface area contributed by atoms with Gasteiger partial charge in [0.25, 0.3) is 0 Å². The first-order chi connectivity index (χ1) is 8.04. The van der Waals surface area contributed by atoms with Crippen molar-refractivity contribution in [1.82, 2.24) is 0 Å². The standard InChI is InChI=1S/C15H24N2/c1-11-6-12(2)8-15(7-11)17-5-4-14(10-17)9-13(3)16/h6-8,13-14H,4-5,9-10,16H2,1-3H3. The molecule has 94 valence electrons. The van der Waals surface area contributed by atoms with Crippen molar-refractivity contribution in [2.24, 2.45) is 11.7 Å². The molecule has 0 aliphatic carbocycles. The molecule has 17 heavy (non-hydrogen) atoms. The SMILES string of the molecule is Cc1cc(C)cc(N2CCC(CC(C)N)C2)c1. The Balaban J connectivity index is 2.04. The third-order valence-corrected chi connectivity index (χ3v) is 3.56. The number of nitrogens with two attached hydrogens (primary N) is 1. The Bertz CT molecular complexity index is 364. The Kier molecular flexibility index (Phi) is 3.72. The number of benzene rings is 1. The molecule has 0 aromatic heterocycles. The molecule has 0 amide bonds. The van der Waals surface area contributed by atoms with E-state index < -0.39 is 0 Å². The van der Waals surface area contributed by atoms with Crippen molar-refractivity contribution in [3.05, 3.63) is 29.3 Å². The van der Waals surface area contributed by atoms with E-state index in [2.05, 4.69) is 43.9 Å². The first-order valence-corrected chi connectivity index (χ1v) is 6.63. The predicted octanol–water partition coefficient (Wildman–Crippen LogP) is 2.87. The number of hydrogen-bond acceptors (Lipinski definition) is 2. The predicted molar refractivity (Wildman–Crippen MR) is 74.5 cm³/mol. The molecule has 0 radical (unpaired) electrons. The highest BCUT2D eigenvalue weighted by atomic mass is 15.1. The highest BCUT2D eigenvalue weighted by Gasteiger charge is 2.23. The van der Waals surface area contributed by atoms with Crippen LogP contribution in [-0.4, -0.2) is 19.1 Å². The normalized spacial score (nSPS) is 21.9. The molecule has 2 rings (SSSR count). The molecule has 2 nitrogen and oxygen atoms in total. The summed E-state index contributed by atoms with van der Waals surface area (Å²) < 4.78 is 0. The van der Waals surface area contributed by atoms with E-state index >= 15 is 0 Å². The van der Waals surface area contributed by atoms with Gasteiger partial charge in [-0.1, -0.05) is 6.07 Å². The van der Waals surface area contributed by atoms with Crippen molar-refractivity contribution in [2.75, 3.05) is 18.0 Å². The van der Waals surface area contributed by atoms with E-state index in [-0.39, 0.29) is 0 Å². The van der Waals surface area contributed by atoms with Crippen LogP contribution in [0.4, 0.5) is 5.69 Å². The summed E-state index contributed by atoms with van der Waals surface area (Å²) in [7, 11) is 0. The van der Waals surface area contributed by atoms with Gasteiger partial charge in [0.2, 0.25) is 0 Å². The van der Waals surface area contributed by atoms with Crippen LogP contribution in [0.5, 0.6) is 0 Å². The maximum atomic E-state index is 5.89. The van der Waals surface area contributed by atoms with Crippen molar-refractivity contribution in [3.63, 3.8) is 0 Å². The Morgan fingerprint density at radius 1 is 1.29 bits per heavy atom. The molecule has 2 atom stereocenters. The van der Waals surface area contributed by atoms with Crippen molar-refractivity contribution >= 4 is 5.69 Å². The third-order valence-electron chi connectivity index (χ3n) is 3.56. The molecule has 0 bridgehead atoms. The lowest BCUT2D eigenvalue weighted by Gasteiger charge is -2.20. The minimum absolute atomic E-state index is 0.333. The minimum Gasteiger partial charge on any atom is -0.371 e. The summed E-state index contributed by atoms with van der Waals surface area (Å²) >= 11 is 0. The van der Waals surface area contributed by atoms with Gasteiger partial charge in [-0.3, -0.25) is 0 Å². The maximum Gasteiger partial charge on any atom is 0.0371 e. The van der Waals surface area contributed by atoms with E-state index in [9.17, 15) is 0 Å². The van der Waals surface area contributed by atoms with Gasteiger partial charge in [-0.05, 0) is 62.8 Å². The zero-order valence-electron chi connectivity index (χ0n) is 11.2. The van der Waals surface area contributed by atoms with Crippen LogP contribution >= 0.6 is 0 Å². The third kappa shape index (κ3) is 3.22. The largest absolute Gasteiger partial charge is 0.371 e. The van der Waals surface area contributed by atoms with Gasteiger partial charge in [-0.15, -0.1) is 0 Å². The second kappa shape index (κ2) is 5.09. The van der Waals surface area contributed by atoms with Crippen LogP contribution in [0.1, 0.15) is 30.9 Å². The van der Waals surface area contributed by atoms with E-state index in [1.54, 1.807) is 0 Å². The summed E-state index contributed by atoms with van der Waals surface area (Å²) in [5, 5.41) is 0. The average Bonchev–Trinajstić information content (AvgIpc) is 2.63. The Labute approximate surface area is 105 Å². The van der Waals surface area contributed by atoms with Crippen LogP contribution in [0.2, 0.25) is 0 Å². The molecule has 1 saturated heterocycles. The zero-order chi connectivity index (χ0) is 12.4. The summed E-state index contributed by atoms with van der Waals surface area (Å²) in [6.45, 7) is 8.81. The molecular formula is C15H24N2. The monoisotopic (exact) mass is 232 g/mol. The van der Waals surface area contributed by atoms with Gasteiger partial charge < -0.3 is 10.6 Å². The molecular weight excluding hydrogens is 208 g/mol. The molecule has 2 heteroatoms. The summed E-state index contributed by atoms with van der Waals surface area (Å²) in [6, 6.07) is 7.15. The van der Waals surface area contributed by atoms with Crippen molar-refractivity contribution < 1.29 is 0 Å². The maximum absolute atomic E-state index is 5.89. The average molecular weight is 232 g/mol. The second-order valence-electron chi connectivity index (χ2n) is 5.66. The van der Waals surface area contributed by atoms with Crippen LogP contribution in [0.25, 0.3) is 0 Å². The zero-order valence-corrected chi connectivity index (χ0v) is 11.2. The van der Waals surface area contributed by atoms with Crippen LogP contribution in [-0.2, 0) is 0 Å². The first-order valence-electron chi connectivity index (χ1n) is 6.63. The fourth-order valence-electron chi connectivity index (χ4n) is 2.92. The van der Waals surface area contributed by atoms with Crippen LogP contribution in [0.3, 0.4) is 0 Å². The molecule has 2 unspecified atom stereocenters. The number of rotatable bonds is 3. The highest BCUT2D eigenvalue weighted by molar-refractivity contribution is 5.51. The van der Waals surface area contributed by atoms with E-state index in [1.807, 2.05) is 0 Å². The summed E-state index contributed by atoms with van der Waals surface area (Å²) in [4.78, 5) is 2.51. The smallest absolute Gasteiger partial charge is 0.0371 e. The molecule has 0 saturated carbocycles. The van der Waals surface area contributed by atoms with Crippen LogP contribution < -0.4 is 10.6 Å². The van der Waals surface area contributed by atoms with E-state index in [1.165, 1.54) is 36.3 Å². The lowest BCUT2D eigenvalue weighted by molar-refractivity contribution is 0.485. The molecule has 0 spiro atoms. The second-order valence-corrected chi connectivity index (χ2v) is 5.66. The summed E-state index contributed by atoms with van der Waals surface area (Å²) in [5.74, 6) is 0.774. The van der Waals surface area contributed by atoms with Crippen LogP contribution in [0.15, 0.2) is 18.2 Å². The number of hydrogen-bond donors (Lipinski definition) is 1. The van der Waals surface area contributed by atoms with Gasteiger partial charge in [-0.25, -0.2) is 0 Å². The van der Waals surface area contributed by atoms with Gasteiger partial charge in [-0.2, -0.15) is 0 Å². The molecule has 1 aliphatic rings. The van der Waals surface area contributed by atoms with Crippen molar-refractivity contribution in [1.29, 1.82) is 0 Å². The van der Waals surface area contributed by atoms with Crippen molar-refractivity contribution in [2.45, 2.75) is 39.7 Å². The van der Waals surface area contributed by atoms with E-state index in [0.717, 1.165) is 12.3 Å². The van der Waals surface area contributed by atoms with Gasteiger partial charge in [0.05, 0.1) is 0 Å². The Morgan fingerprint density at radius 2 is 1.94 bits per heavy atom. The highest BCUT2D eigenvalue weighted by Crippen LogP contribution is 2.27. The number of anilines is 1. The van der Waals surface area contributed by atoms with Crippen LogP contribution in [0, 0.1) is 19.8 Å². The molecule has 1 aliphatic heterocycles. The molecule has 1 aromatic rings. The Hall–Kier alpha value is -1.02. The Morgan fingerprint density at radius 3 is 2.53 bits per heavy atom. The number of nitrogens with zero attached hydrogens (tertiary/aromatic N) is 1. The molecule has 2 N–H and O–H groups in total. The summed E-state index contributed by atoms with van der Waals surface area (Å²) in [5.41, 5.74) is 9.98. The van der Waals surface area contributed by atoms with E-state index in [4.69, 9.17) is 5.73 Å². The lowest BCUT2D eigenvalue weighted by atomic mass is 10.0. The quantitative estimate of drug-likeness (QED) is 0.868. The minimum atomic E-state index is 0.333. The topological polar surface area (TPSA) is 29.3 Å². The first kappa shape index (κ1) is 12.4. The fraction of sp³-hybridized carbons (Fsp3) is 0.600. The fourth-order valence-corrected chi connectivity index (χ4v) is 2.92. The van der Waals surface area contributed by atoms with Gasteiger partial charge in [0.15, 0.2) is 0 Å².